The third-order valence-electron chi connectivity index (χ3n) is 2.80. The van der Waals surface area contributed by atoms with Gasteiger partial charge in [-0.05, 0) is 50.0 Å². The molecule has 1 aliphatic rings. The van der Waals surface area contributed by atoms with Gasteiger partial charge < -0.3 is 4.90 Å². The molecule has 0 radical (unpaired) electrons. The number of hydrogen-bond donors (Lipinski definition) is 0. The van der Waals surface area contributed by atoms with E-state index in [-0.39, 0.29) is 0 Å². The molecule has 1 saturated heterocycles. The molecule has 1 nitrogen and oxygen atoms in total. The molecule has 0 N–H and O–H groups in total. The van der Waals surface area contributed by atoms with E-state index >= 15 is 0 Å². The number of halogens is 1. The fourth-order valence-corrected chi connectivity index (χ4v) is 2.20. The summed E-state index contributed by atoms with van der Waals surface area (Å²) in [5.74, 6) is 0. The molecular weight excluding hydrogens is 194 g/mol. The van der Waals surface area contributed by atoms with E-state index in [2.05, 4.69) is 17.0 Å². The van der Waals surface area contributed by atoms with Gasteiger partial charge in [-0.1, -0.05) is 23.7 Å². The third-order valence-corrected chi connectivity index (χ3v) is 3.04. The zero-order chi connectivity index (χ0) is 9.80. The molecule has 0 saturated carbocycles. The highest BCUT2D eigenvalue weighted by Crippen LogP contribution is 2.13. The van der Waals surface area contributed by atoms with Crippen LogP contribution in [0.15, 0.2) is 24.3 Å². The predicted molar refractivity (Wildman–Crippen MR) is 60.8 cm³/mol. The van der Waals surface area contributed by atoms with Crippen LogP contribution < -0.4 is 0 Å². The summed E-state index contributed by atoms with van der Waals surface area (Å²) in [7, 11) is 0. The molecule has 1 aliphatic heterocycles. The van der Waals surface area contributed by atoms with Crippen molar-refractivity contribution in [1.29, 1.82) is 0 Å². The molecule has 2 heteroatoms. The predicted octanol–water partition coefficient (Wildman–Crippen LogP) is 2.98. The molecule has 0 atom stereocenters. The van der Waals surface area contributed by atoms with Crippen molar-refractivity contribution in [3.8, 4) is 0 Å². The van der Waals surface area contributed by atoms with Crippen molar-refractivity contribution in [2.45, 2.75) is 19.3 Å². The van der Waals surface area contributed by atoms with Gasteiger partial charge in [0.05, 0.1) is 0 Å². The maximum Gasteiger partial charge on any atom is 0.0408 e. The Hall–Kier alpha value is -0.530. The highest BCUT2D eigenvalue weighted by molar-refractivity contribution is 6.30. The first-order valence-electron chi connectivity index (χ1n) is 5.31. The van der Waals surface area contributed by atoms with Gasteiger partial charge >= 0.3 is 0 Å². The number of rotatable bonds is 3. The van der Waals surface area contributed by atoms with Crippen molar-refractivity contribution in [2.24, 2.45) is 0 Å². The SMILES string of the molecule is Clc1cccc(CCN2CCCC2)c1. The number of hydrogen-bond acceptors (Lipinski definition) is 1. The lowest BCUT2D eigenvalue weighted by Gasteiger charge is -2.13. The van der Waals surface area contributed by atoms with E-state index in [1.165, 1.54) is 38.0 Å². The molecule has 0 aliphatic carbocycles. The standard InChI is InChI=1S/C12H16ClN/c13-12-5-3-4-11(10-12)6-9-14-7-1-2-8-14/h3-5,10H,1-2,6-9H2. The van der Waals surface area contributed by atoms with E-state index in [1.807, 2.05) is 12.1 Å². The third kappa shape index (κ3) is 2.73. The van der Waals surface area contributed by atoms with E-state index in [4.69, 9.17) is 11.6 Å². The first-order chi connectivity index (χ1) is 6.84. The molecule has 1 aromatic carbocycles. The Morgan fingerprint density at radius 2 is 2.00 bits per heavy atom. The van der Waals surface area contributed by atoms with Gasteiger partial charge in [0, 0.05) is 11.6 Å². The second-order valence-electron chi connectivity index (χ2n) is 3.93. The summed E-state index contributed by atoms with van der Waals surface area (Å²) in [5.41, 5.74) is 1.35. The van der Waals surface area contributed by atoms with Crippen LogP contribution in [-0.4, -0.2) is 24.5 Å². The van der Waals surface area contributed by atoms with Gasteiger partial charge in [0.1, 0.15) is 0 Å². The molecule has 1 heterocycles. The maximum absolute atomic E-state index is 5.93. The average molecular weight is 210 g/mol. The second kappa shape index (κ2) is 4.81. The van der Waals surface area contributed by atoms with E-state index in [0.717, 1.165) is 11.4 Å². The zero-order valence-corrected chi connectivity index (χ0v) is 9.13. The summed E-state index contributed by atoms with van der Waals surface area (Å²) < 4.78 is 0. The highest BCUT2D eigenvalue weighted by atomic mass is 35.5. The van der Waals surface area contributed by atoms with Gasteiger partial charge in [-0.2, -0.15) is 0 Å². The molecule has 1 aromatic rings. The van der Waals surface area contributed by atoms with Crippen molar-refractivity contribution in [3.63, 3.8) is 0 Å². The van der Waals surface area contributed by atoms with Crippen LogP contribution in [-0.2, 0) is 6.42 Å². The number of likely N-dealkylation sites (tertiary alicyclic amines) is 1. The smallest absolute Gasteiger partial charge is 0.0408 e. The van der Waals surface area contributed by atoms with Gasteiger partial charge in [0.25, 0.3) is 0 Å². The number of benzene rings is 1. The van der Waals surface area contributed by atoms with Crippen LogP contribution in [0.1, 0.15) is 18.4 Å². The lowest BCUT2D eigenvalue weighted by atomic mass is 10.1. The molecule has 14 heavy (non-hydrogen) atoms. The molecule has 1 fully saturated rings. The summed E-state index contributed by atoms with van der Waals surface area (Å²) in [6.45, 7) is 3.74. The van der Waals surface area contributed by atoms with Crippen LogP contribution in [0.2, 0.25) is 5.02 Å². The Labute approximate surface area is 90.7 Å². The first-order valence-corrected chi connectivity index (χ1v) is 5.69. The molecule has 0 spiro atoms. The summed E-state index contributed by atoms with van der Waals surface area (Å²) in [4.78, 5) is 2.53. The fraction of sp³-hybridized carbons (Fsp3) is 0.500. The largest absolute Gasteiger partial charge is 0.303 e. The maximum atomic E-state index is 5.93. The summed E-state index contributed by atoms with van der Waals surface area (Å²) in [6.07, 6.45) is 3.87. The van der Waals surface area contributed by atoms with Gasteiger partial charge in [0.15, 0.2) is 0 Å². The van der Waals surface area contributed by atoms with Crippen LogP contribution in [0, 0.1) is 0 Å². The minimum atomic E-state index is 0.851. The average Bonchev–Trinajstić information content (AvgIpc) is 2.67. The second-order valence-corrected chi connectivity index (χ2v) is 4.37. The van der Waals surface area contributed by atoms with E-state index in [1.54, 1.807) is 0 Å². The van der Waals surface area contributed by atoms with Crippen LogP contribution in [0.3, 0.4) is 0 Å². The molecule has 76 valence electrons. The highest BCUT2D eigenvalue weighted by Gasteiger charge is 2.10. The molecule has 2 rings (SSSR count). The number of nitrogens with zero attached hydrogens (tertiary/aromatic N) is 1. The minimum absolute atomic E-state index is 0.851. The minimum Gasteiger partial charge on any atom is -0.303 e. The summed E-state index contributed by atoms with van der Waals surface area (Å²) in [5, 5.41) is 0.851. The van der Waals surface area contributed by atoms with Crippen LogP contribution in [0.5, 0.6) is 0 Å². The fourth-order valence-electron chi connectivity index (χ4n) is 1.99. The van der Waals surface area contributed by atoms with Crippen molar-refractivity contribution in [3.05, 3.63) is 34.9 Å². The first kappa shape index (κ1) is 10.0. The molecular formula is C12H16ClN. The van der Waals surface area contributed by atoms with Crippen molar-refractivity contribution < 1.29 is 0 Å². The molecule has 0 aromatic heterocycles. The quantitative estimate of drug-likeness (QED) is 0.740. The van der Waals surface area contributed by atoms with Crippen molar-refractivity contribution >= 4 is 11.6 Å². The Bertz CT molecular complexity index is 292. The lowest BCUT2D eigenvalue weighted by molar-refractivity contribution is 0.343. The van der Waals surface area contributed by atoms with E-state index in [9.17, 15) is 0 Å². The normalized spacial score (nSPS) is 17.5. The van der Waals surface area contributed by atoms with Crippen LogP contribution in [0.4, 0.5) is 0 Å². The molecule has 0 bridgehead atoms. The Morgan fingerprint density at radius 1 is 1.21 bits per heavy atom. The van der Waals surface area contributed by atoms with Crippen LogP contribution >= 0.6 is 11.6 Å². The molecule has 0 unspecified atom stereocenters. The topological polar surface area (TPSA) is 3.24 Å². The zero-order valence-electron chi connectivity index (χ0n) is 8.38. The van der Waals surface area contributed by atoms with E-state index in [0.29, 0.717) is 0 Å². The van der Waals surface area contributed by atoms with Gasteiger partial charge in [0.2, 0.25) is 0 Å². The monoisotopic (exact) mass is 209 g/mol. The van der Waals surface area contributed by atoms with Gasteiger partial charge in [-0.3, -0.25) is 0 Å². The molecule has 0 amide bonds. The summed E-state index contributed by atoms with van der Waals surface area (Å²) in [6, 6.07) is 8.18. The summed E-state index contributed by atoms with van der Waals surface area (Å²) >= 11 is 5.93. The van der Waals surface area contributed by atoms with E-state index < -0.39 is 0 Å². The Kier molecular flexibility index (Phi) is 3.44. The van der Waals surface area contributed by atoms with Crippen molar-refractivity contribution in [2.75, 3.05) is 19.6 Å². The van der Waals surface area contributed by atoms with Gasteiger partial charge in [-0.25, -0.2) is 0 Å². The Morgan fingerprint density at radius 3 is 2.71 bits per heavy atom. The lowest BCUT2D eigenvalue weighted by Crippen LogP contribution is -2.21. The van der Waals surface area contributed by atoms with Gasteiger partial charge in [-0.15, -0.1) is 0 Å². The van der Waals surface area contributed by atoms with Crippen molar-refractivity contribution in [1.82, 2.24) is 4.90 Å². The Balaban J connectivity index is 1.85. The van der Waals surface area contributed by atoms with Crippen LogP contribution in [0.25, 0.3) is 0 Å².